The van der Waals surface area contributed by atoms with Crippen LogP contribution in [0, 0.1) is 0 Å². The van der Waals surface area contributed by atoms with Crippen LogP contribution in [0.5, 0.6) is 5.75 Å². The maximum Gasteiger partial charge on any atom is 0.123 e. The van der Waals surface area contributed by atoms with Gasteiger partial charge < -0.3 is 9.64 Å². The van der Waals surface area contributed by atoms with Gasteiger partial charge in [-0.15, -0.1) is 0 Å². The van der Waals surface area contributed by atoms with E-state index in [4.69, 9.17) is 16.3 Å². The predicted octanol–water partition coefficient (Wildman–Crippen LogP) is 3.38. The van der Waals surface area contributed by atoms with Gasteiger partial charge in [-0.2, -0.15) is 0 Å². The molecule has 0 aliphatic rings. The van der Waals surface area contributed by atoms with Crippen molar-refractivity contribution < 1.29 is 4.74 Å². The van der Waals surface area contributed by atoms with Crippen LogP contribution in [0.25, 0.3) is 0 Å². The van der Waals surface area contributed by atoms with E-state index in [-0.39, 0.29) is 0 Å². The van der Waals surface area contributed by atoms with Crippen molar-refractivity contribution in [1.82, 2.24) is 4.98 Å². The topological polar surface area (TPSA) is 25.4 Å². The molecule has 0 saturated heterocycles. The quantitative estimate of drug-likeness (QED) is 0.845. The van der Waals surface area contributed by atoms with Crippen LogP contribution < -0.4 is 9.64 Å². The number of hydrogen-bond acceptors (Lipinski definition) is 3. The fourth-order valence-electron chi connectivity index (χ4n) is 1.85. The van der Waals surface area contributed by atoms with Crippen molar-refractivity contribution in [1.29, 1.82) is 0 Å². The first kappa shape index (κ1) is 12.7. The molecule has 0 aliphatic heterocycles. The number of nitrogens with zero attached hydrogens (tertiary/aromatic N) is 2. The predicted molar refractivity (Wildman–Crippen MR) is 74.3 cm³/mol. The first-order valence-electron chi connectivity index (χ1n) is 5.65. The number of ether oxygens (including phenoxy) is 1. The molecule has 2 aromatic rings. The van der Waals surface area contributed by atoms with Crippen molar-refractivity contribution in [3.8, 4) is 5.75 Å². The summed E-state index contributed by atoms with van der Waals surface area (Å²) in [5.74, 6) is 0.884. The molecule has 0 radical (unpaired) electrons. The van der Waals surface area contributed by atoms with Crippen LogP contribution in [0.4, 0.5) is 5.69 Å². The first-order chi connectivity index (χ1) is 8.72. The van der Waals surface area contributed by atoms with Gasteiger partial charge in [-0.25, -0.2) is 0 Å². The van der Waals surface area contributed by atoms with Gasteiger partial charge in [-0.1, -0.05) is 29.8 Å². The van der Waals surface area contributed by atoms with Crippen molar-refractivity contribution in [3.63, 3.8) is 0 Å². The van der Waals surface area contributed by atoms with E-state index in [2.05, 4.69) is 9.88 Å². The van der Waals surface area contributed by atoms with Crippen LogP contribution >= 0.6 is 11.6 Å². The van der Waals surface area contributed by atoms with Gasteiger partial charge in [0, 0.05) is 31.5 Å². The minimum absolute atomic E-state index is 0.648. The van der Waals surface area contributed by atoms with Gasteiger partial charge in [0.05, 0.1) is 17.8 Å². The molecule has 0 unspecified atom stereocenters. The number of para-hydroxylation sites is 1. The highest BCUT2D eigenvalue weighted by molar-refractivity contribution is 6.33. The second-order valence-electron chi connectivity index (χ2n) is 3.99. The number of aromatic nitrogens is 1. The van der Waals surface area contributed by atoms with Crippen LogP contribution in [0.15, 0.2) is 42.7 Å². The molecule has 94 valence electrons. The van der Waals surface area contributed by atoms with E-state index in [0.717, 1.165) is 23.5 Å². The van der Waals surface area contributed by atoms with E-state index in [0.29, 0.717) is 5.02 Å². The number of rotatable bonds is 4. The zero-order valence-corrected chi connectivity index (χ0v) is 11.2. The van der Waals surface area contributed by atoms with Crippen molar-refractivity contribution in [2.75, 3.05) is 19.1 Å². The van der Waals surface area contributed by atoms with E-state index in [9.17, 15) is 0 Å². The fourth-order valence-corrected chi connectivity index (χ4v) is 2.12. The van der Waals surface area contributed by atoms with Crippen LogP contribution in [0.1, 0.15) is 5.56 Å². The molecule has 18 heavy (non-hydrogen) atoms. The lowest BCUT2D eigenvalue weighted by Gasteiger charge is -2.21. The molecule has 0 saturated carbocycles. The number of anilines is 1. The van der Waals surface area contributed by atoms with Gasteiger partial charge in [-0.3, -0.25) is 4.98 Å². The number of methoxy groups -OCH3 is 1. The Labute approximate surface area is 112 Å². The fraction of sp³-hybridized carbons (Fsp3) is 0.214. The SMILES string of the molecule is COc1ccccc1CN(C)c1ccncc1Cl. The molecule has 0 amide bonds. The zero-order valence-electron chi connectivity index (χ0n) is 10.4. The molecule has 0 N–H and O–H groups in total. The second-order valence-corrected chi connectivity index (χ2v) is 4.40. The maximum absolute atomic E-state index is 6.12. The molecule has 1 heterocycles. The number of pyridine rings is 1. The Kier molecular flexibility index (Phi) is 4.05. The second kappa shape index (κ2) is 5.74. The molecule has 0 fully saturated rings. The lowest BCUT2D eigenvalue weighted by atomic mass is 10.2. The third-order valence-corrected chi connectivity index (χ3v) is 3.05. The average molecular weight is 263 g/mol. The van der Waals surface area contributed by atoms with Crippen LogP contribution in [-0.4, -0.2) is 19.1 Å². The molecule has 4 heteroatoms. The van der Waals surface area contributed by atoms with Crippen LogP contribution in [0.3, 0.4) is 0 Å². The molecule has 1 aromatic carbocycles. The minimum atomic E-state index is 0.648. The van der Waals surface area contributed by atoms with Crippen molar-refractivity contribution >= 4 is 17.3 Å². The van der Waals surface area contributed by atoms with Gasteiger partial charge in [0.2, 0.25) is 0 Å². The Morgan fingerprint density at radius 2 is 2.06 bits per heavy atom. The summed E-state index contributed by atoms with van der Waals surface area (Å²) in [6.07, 6.45) is 3.38. The number of hydrogen-bond donors (Lipinski definition) is 0. The van der Waals surface area contributed by atoms with E-state index in [1.54, 1.807) is 19.5 Å². The van der Waals surface area contributed by atoms with Gasteiger partial charge in [0.1, 0.15) is 5.75 Å². The van der Waals surface area contributed by atoms with Gasteiger partial charge >= 0.3 is 0 Å². The standard InChI is InChI=1S/C14H15ClN2O/c1-17(13-7-8-16-9-12(13)15)10-11-5-3-4-6-14(11)18-2/h3-9H,10H2,1-2H3. The average Bonchev–Trinajstić information content (AvgIpc) is 2.39. The third kappa shape index (κ3) is 2.74. The summed E-state index contributed by atoms with van der Waals surface area (Å²) in [4.78, 5) is 6.06. The Balaban J connectivity index is 2.21. The maximum atomic E-state index is 6.12. The summed E-state index contributed by atoms with van der Waals surface area (Å²) in [7, 11) is 3.67. The van der Waals surface area contributed by atoms with Gasteiger partial charge in [0.15, 0.2) is 0 Å². The highest BCUT2D eigenvalue weighted by Gasteiger charge is 2.09. The van der Waals surface area contributed by atoms with Gasteiger partial charge in [-0.05, 0) is 12.1 Å². The van der Waals surface area contributed by atoms with E-state index in [1.165, 1.54) is 0 Å². The molecular weight excluding hydrogens is 248 g/mol. The molecule has 0 spiro atoms. The van der Waals surface area contributed by atoms with Crippen molar-refractivity contribution in [2.24, 2.45) is 0 Å². The van der Waals surface area contributed by atoms with Crippen molar-refractivity contribution in [2.45, 2.75) is 6.54 Å². The summed E-state index contributed by atoms with van der Waals surface area (Å²) >= 11 is 6.12. The lowest BCUT2D eigenvalue weighted by molar-refractivity contribution is 0.409. The van der Waals surface area contributed by atoms with E-state index in [1.807, 2.05) is 37.4 Å². The summed E-state index contributed by atoms with van der Waals surface area (Å²) in [6.45, 7) is 0.730. The summed E-state index contributed by atoms with van der Waals surface area (Å²) in [5.41, 5.74) is 2.08. The molecule has 0 atom stereocenters. The molecule has 3 nitrogen and oxygen atoms in total. The Hall–Kier alpha value is -1.74. The molecule has 1 aromatic heterocycles. The highest BCUT2D eigenvalue weighted by atomic mass is 35.5. The van der Waals surface area contributed by atoms with Crippen LogP contribution in [-0.2, 0) is 6.54 Å². The summed E-state index contributed by atoms with van der Waals surface area (Å²) in [5, 5.41) is 0.648. The van der Waals surface area contributed by atoms with E-state index >= 15 is 0 Å². The van der Waals surface area contributed by atoms with Gasteiger partial charge in [0.25, 0.3) is 0 Å². The number of halogens is 1. The lowest BCUT2D eigenvalue weighted by Crippen LogP contribution is -2.17. The highest BCUT2D eigenvalue weighted by Crippen LogP contribution is 2.26. The largest absolute Gasteiger partial charge is 0.496 e. The molecule has 0 aliphatic carbocycles. The molecule has 0 bridgehead atoms. The summed E-state index contributed by atoms with van der Waals surface area (Å²) in [6, 6.07) is 9.86. The Morgan fingerprint density at radius 3 is 2.78 bits per heavy atom. The third-order valence-electron chi connectivity index (χ3n) is 2.76. The Bertz CT molecular complexity index is 531. The normalized spacial score (nSPS) is 10.2. The van der Waals surface area contributed by atoms with Crippen LogP contribution in [0.2, 0.25) is 5.02 Å². The minimum Gasteiger partial charge on any atom is -0.496 e. The van der Waals surface area contributed by atoms with Crippen molar-refractivity contribution in [3.05, 3.63) is 53.3 Å². The molecular formula is C14H15ClN2O. The van der Waals surface area contributed by atoms with E-state index < -0.39 is 0 Å². The summed E-state index contributed by atoms with van der Waals surface area (Å²) < 4.78 is 5.34. The smallest absolute Gasteiger partial charge is 0.123 e. The molecule has 2 rings (SSSR count). The Morgan fingerprint density at radius 1 is 1.28 bits per heavy atom. The number of benzene rings is 1. The zero-order chi connectivity index (χ0) is 13.0. The monoisotopic (exact) mass is 262 g/mol. The first-order valence-corrected chi connectivity index (χ1v) is 6.02.